The van der Waals surface area contributed by atoms with E-state index in [1.807, 2.05) is 12.1 Å². The van der Waals surface area contributed by atoms with Crippen LogP contribution in [-0.2, 0) is 0 Å². The van der Waals surface area contributed by atoms with Gasteiger partial charge >= 0.3 is 0 Å². The van der Waals surface area contributed by atoms with E-state index in [1.165, 1.54) is 31.7 Å². The number of nitrogens with one attached hydrogen (secondary N) is 1. The third kappa shape index (κ3) is 5.17. The highest BCUT2D eigenvalue weighted by molar-refractivity contribution is 9.10. The fourth-order valence-electron chi connectivity index (χ4n) is 1.77. The summed E-state index contributed by atoms with van der Waals surface area (Å²) in [4.78, 5) is 0. The lowest BCUT2D eigenvalue weighted by Gasteiger charge is -2.14. The van der Waals surface area contributed by atoms with Gasteiger partial charge in [-0.05, 0) is 53.5 Å². The van der Waals surface area contributed by atoms with E-state index >= 15 is 0 Å². The summed E-state index contributed by atoms with van der Waals surface area (Å²) < 4.78 is 13.6. The van der Waals surface area contributed by atoms with Gasteiger partial charge in [-0.3, -0.25) is 0 Å². The maximum absolute atomic E-state index is 13.1. The molecule has 0 fully saturated rings. The van der Waals surface area contributed by atoms with E-state index < -0.39 is 0 Å². The smallest absolute Gasteiger partial charge is 0.137 e. The molecule has 1 unspecified atom stereocenters. The van der Waals surface area contributed by atoms with E-state index in [1.54, 1.807) is 0 Å². The van der Waals surface area contributed by atoms with Gasteiger partial charge in [-0.2, -0.15) is 0 Å². The predicted molar refractivity (Wildman–Crippen MR) is 74.7 cm³/mol. The monoisotopic (exact) mass is 301 g/mol. The van der Waals surface area contributed by atoms with Crippen LogP contribution >= 0.6 is 15.9 Å². The zero-order chi connectivity index (χ0) is 12.7. The van der Waals surface area contributed by atoms with Crippen molar-refractivity contribution in [1.82, 2.24) is 5.32 Å². The topological polar surface area (TPSA) is 12.0 Å². The van der Waals surface area contributed by atoms with Gasteiger partial charge in [0.05, 0.1) is 4.47 Å². The Morgan fingerprint density at radius 3 is 2.71 bits per heavy atom. The van der Waals surface area contributed by atoms with Crippen LogP contribution in [0.1, 0.15) is 51.1 Å². The Labute approximate surface area is 112 Å². The fourth-order valence-corrected chi connectivity index (χ4v) is 2.17. The van der Waals surface area contributed by atoms with E-state index in [4.69, 9.17) is 0 Å². The van der Waals surface area contributed by atoms with Crippen molar-refractivity contribution in [2.24, 2.45) is 0 Å². The van der Waals surface area contributed by atoms with Crippen LogP contribution in [0.2, 0.25) is 0 Å². The van der Waals surface area contributed by atoms with E-state index in [9.17, 15) is 4.39 Å². The van der Waals surface area contributed by atoms with Gasteiger partial charge in [0.25, 0.3) is 0 Å². The summed E-state index contributed by atoms with van der Waals surface area (Å²) >= 11 is 3.21. The standard InChI is InChI=1S/C14H21BrFN/c1-3-4-5-6-9-17-11(2)12-7-8-14(16)13(15)10-12/h7-8,10-11,17H,3-6,9H2,1-2H3. The highest BCUT2D eigenvalue weighted by Gasteiger charge is 2.06. The minimum Gasteiger partial charge on any atom is -0.310 e. The van der Waals surface area contributed by atoms with Crippen LogP contribution in [0.25, 0.3) is 0 Å². The molecule has 0 saturated heterocycles. The molecular weight excluding hydrogens is 281 g/mol. The molecule has 1 aromatic rings. The molecular formula is C14H21BrFN. The Balaban J connectivity index is 2.36. The molecule has 17 heavy (non-hydrogen) atoms. The van der Waals surface area contributed by atoms with Crippen molar-refractivity contribution in [2.45, 2.75) is 45.6 Å². The van der Waals surface area contributed by atoms with Crippen LogP contribution in [0.4, 0.5) is 4.39 Å². The second-order valence-electron chi connectivity index (χ2n) is 4.41. The summed E-state index contributed by atoms with van der Waals surface area (Å²) in [6, 6.07) is 5.46. The van der Waals surface area contributed by atoms with Gasteiger partial charge in [-0.15, -0.1) is 0 Å². The Hall–Kier alpha value is -0.410. The molecule has 0 radical (unpaired) electrons. The average Bonchev–Trinajstić information content (AvgIpc) is 2.32. The molecule has 1 atom stereocenters. The second kappa shape index (κ2) is 7.83. The number of benzene rings is 1. The molecule has 0 bridgehead atoms. The summed E-state index contributed by atoms with van der Waals surface area (Å²) in [6.45, 7) is 5.35. The summed E-state index contributed by atoms with van der Waals surface area (Å²) in [7, 11) is 0. The minimum absolute atomic E-state index is 0.205. The van der Waals surface area contributed by atoms with Crippen molar-refractivity contribution in [3.63, 3.8) is 0 Å². The third-order valence-corrected chi connectivity index (χ3v) is 3.53. The molecule has 1 N–H and O–H groups in total. The number of hydrogen-bond donors (Lipinski definition) is 1. The Kier molecular flexibility index (Phi) is 6.75. The van der Waals surface area contributed by atoms with Crippen LogP contribution in [0.15, 0.2) is 22.7 Å². The number of hydrogen-bond acceptors (Lipinski definition) is 1. The molecule has 1 nitrogen and oxygen atoms in total. The second-order valence-corrected chi connectivity index (χ2v) is 5.26. The van der Waals surface area contributed by atoms with E-state index in [-0.39, 0.29) is 11.9 Å². The van der Waals surface area contributed by atoms with Gasteiger partial charge in [0.2, 0.25) is 0 Å². The Bertz CT molecular complexity index is 341. The largest absolute Gasteiger partial charge is 0.310 e. The van der Waals surface area contributed by atoms with Crippen molar-refractivity contribution in [2.75, 3.05) is 6.54 Å². The van der Waals surface area contributed by atoms with E-state index in [0.29, 0.717) is 4.47 Å². The van der Waals surface area contributed by atoms with Gasteiger partial charge < -0.3 is 5.32 Å². The molecule has 0 aliphatic rings. The van der Waals surface area contributed by atoms with Gasteiger partial charge in [-0.25, -0.2) is 4.39 Å². The molecule has 3 heteroatoms. The summed E-state index contributed by atoms with van der Waals surface area (Å²) in [6.07, 6.45) is 5.06. The first-order valence-corrected chi connectivity index (χ1v) is 7.12. The van der Waals surface area contributed by atoms with Crippen molar-refractivity contribution in [1.29, 1.82) is 0 Å². The maximum atomic E-state index is 13.1. The number of unbranched alkanes of at least 4 members (excludes halogenated alkanes) is 3. The lowest BCUT2D eigenvalue weighted by Crippen LogP contribution is -2.19. The van der Waals surface area contributed by atoms with Crippen LogP contribution in [0.3, 0.4) is 0 Å². The minimum atomic E-state index is -0.205. The van der Waals surface area contributed by atoms with E-state index in [0.717, 1.165) is 12.1 Å². The van der Waals surface area contributed by atoms with Gasteiger partial charge in [0.15, 0.2) is 0 Å². The van der Waals surface area contributed by atoms with Crippen molar-refractivity contribution >= 4 is 15.9 Å². The third-order valence-electron chi connectivity index (χ3n) is 2.92. The van der Waals surface area contributed by atoms with Gasteiger partial charge in [0.1, 0.15) is 5.82 Å². The predicted octanol–water partition coefficient (Wildman–Crippen LogP) is 4.82. The highest BCUT2D eigenvalue weighted by Crippen LogP contribution is 2.21. The van der Waals surface area contributed by atoms with Crippen LogP contribution in [0, 0.1) is 5.82 Å². The molecule has 96 valence electrons. The normalized spacial score (nSPS) is 12.7. The van der Waals surface area contributed by atoms with Crippen LogP contribution in [-0.4, -0.2) is 6.54 Å². The molecule has 0 saturated carbocycles. The van der Waals surface area contributed by atoms with Crippen molar-refractivity contribution in [3.8, 4) is 0 Å². The van der Waals surface area contributed by atoms with Crippen molar-refractivity contribution < 1.29 is 4.39 Å². The highest BCUT2D eigenvalue weighted by atomic mass is 79.9. The first-order chi connectivity index (χ1) is 8.15. The molecule has 0 amide bonds. The molecule has 1 aromatic carbocycles. The summed E-state index contributed by atoms with van der Waals surface area (Å²) in [5.41, 5.74) is 1.12. The fraction of sp³-hybridized carbons (Fsp3) is 0.571. The first kappa shape index (κ1) is 14.7. The first-order valence-electron chi connectivity index (χ1n) is 6.33. The van der Waals surface area contributed by atoms with E-state index in [2.05, 4.69) is 35.1 Å². The number of rotatable bonds is 7. The summed E-state index contributed by atoms with van der Waals surface area (Å²) in [5, 5.41) is 3.46. The molecule has 0 spiro atoms. The van der Waals surface area contributed by atoms with Gasteiger partial charge in [-0.1, -0.05) is 32.3 Å². The molecule has 1 rings (SSSR count). The molecule has 0 heterocycles. The zero-order valence-corrected chi connectivity index (χ0v) is 12.2. The van der Waals surface area contributed by atoms with Crippen LogP contribution < -0.4 is 5.32 Å². The number of halogens is 2. The molecule has 0 aliphatic heterocycles. The van der Waals surface area contributed by atoms with Gasteiger partial charge in [0, 0.05) is 6.04 Å². The van der Waals surface area contributed by atoms with Crippen molar-refractivity contribution in [3.05, 3.63) is 34.1 Å². The molecule has 0 aromatic heterocycles. The summed E-state index contributed by atoms with van der Waals surface area (Å²) in [5.74, 6) is -0.205. The Morgan fingerprint density at radius 1 is 1.29 bits per heavy atom. The lowest BCUT2D eigenvalue weighted by molar-refractivity contribution is 0.535. The quantitative estimate of drug-likeness (QED) is 0.712. The SMILES string of the molecule is CCCCCCNC(C)c1ccc(F)c(Br)c1. The van der Waals surface area contributed by atoms with Crippen LogP contribution in [0.5, 0.6) is 0 Å². The lowest BCUT2D eigenvalue weighted by atomic mass is 10.1. The Morgan fingerprint density at radius 2 is 2.06 bits per heavy atom. The molecule has 0 aliphatic carbocycles. The average molecular weight is 302 g/mol. The zero-order valence-electron chi connectivity index (χ0n) is 10.6. The maximum Gasteiger partial charge on any atom is 0.137 e.